The smallest absolute Gasteiger partial charge is 0.225 e. The molecule has 0 spiro atoms. The fourth-order valence-electron chi connectivity index (χ4n) is 3.08. The number of carbonyl (C=O) groups excluding carboxylic acids is 1. The summed E-state index contributed by atoms with van der Waals surface area (Å²) in [4.78, 5) is 14.6. The molecule has 2 saturated heterocycles. The van der Waals surface area contributed by atoms with Crippen LogP contribution in [0.5, 0.6) is 0 Å². The van der Waals surface area contributed by atoms with Gasteiger partial charge in [-0.3, -0.25) is 4.79 Å². The van der Waals surface area contributed by atoms with E-state index >= 15 is 0 Å². The number of hydrogen-bond acceptors (Lipinski definition) is 3. The van der Waals surface area contributed by atoms with Gasteiger partial charge in [0, 0.05) is 37.8 Å². The summed E-state index contributed by atoms with van der Waals surface area (Å²) in [5.74, 6) is 0.584. The number of likely N-dealkylation sites (tertiary alicyclic amines) is 1. The van der Waals surface area contributed by atoms with Crippen molar-refractivity contribution in [3.63, 3.8) is 0 Å². The number of nitrogens with one attached hydrogen (secondary N) is 2. The molecule has 0 aromatic heterocycles. The molecule has 0 aromatic carbocycles. The Hall–Kier alpha value is -0.610. The molecule has 0 bridgehead atoms. The van der Waals surface area contributed by atoms with Gasteiger partial charge in [0.1, 0.15) is 0 Å². The van der Waals surface area contributed by atoms with Gasteiger partial charge in [0.2, 0.25) is 5.91 Å². The van der Waals surface area contributed by atoms with E-state index in [1.165, 1.54) is 19.3 Å². The van der Waals surface area contributed by atoms with Gasteiger partial charge in [0.05, 0.1) is 0 Å². The lowest BCUT2D eigenvalue weighted by Gasteiger charge is -2.31. The monoisotopic (exact) mass is 253 g/mol. The number of rotatable bonds is 4. The van der Waals surface area contributed by atoms with E-state index in [0.29, 0.717) is 18.0 Å². The van der Waals surface area contributed by atoms with Crippen molar-refractivity contribution < 1.29 is 4.79 Å². The first-order chi connectivity index (χ1) is 8.72. The molecule has 0 saturated carbocycles. The molecule has 0 aliphatic carbocycles. The van der Waals surface area contributed by atoms with Crippen LogP contribution in [0, 0.1) is 5.92 Å². The highest BCUT2D eigenvalue weighted by molar-refractivity contribution is 5.79. The van der Waals surface area contributed by atoms with Gasteiger partial charge in [-0.25, -0.2) is 0 Å². The molecule has 18 heavy (non-hydrogen) atoms. The maximum atomic E-state index is 12.5. The molecule has 1 amide bonds. The van der Waals surface area contributed by atoms with Crippen LogP contribution >= 0.6 is 0 Å². The zero-order chi connectivity index (χ0) is 13.0. The Morgan fingerprint density at radius 1 is 1.28 bits per heavy atom. The van der Waals surface area contributed by atoms with Crippen molar-refractivity contribution in [2.45, 2.75) is 58.0 Å². The highest BCUT2D eigenvalue weighted by Gasteiger charge is 2.30. The molecule has 0 aromatic rings. The lowest BCUT2D eigenvalue weighted by molar-refractivity contribution is -0.137. The summed E-state index contributed by atoms with van der Waals surface area (Å²) in [6.45, 7) is 7.16. The van der Waals surface area contributed by atoms with Gasteiger partial charge >= 0.3 is 0 Å². The van der Waals surface area contributed by atoms with E-state index in [9.17, 15) is 4.79 Å². The molecule has 3 atom stereocenters. The van der Waals surface area contributed by atoms with Crippen LogP contribution in [0.4, 0.5) is 0 Å². The lowest BCUT2D eigenvalue weighted by Crippen LogP contribution is -2.42. The Kier molecular flexibility index (Phi) is 5.01. The number of carbonyl (C=O) groups is 1. The SMILES string of the molecule is CCC(CC1NCN[C@@H]1C)C(=O)N1CCCCC1. The van der Waals surface area contributed by atoms with Crippen LogP contribution in [0.1, 0.15) is 46.0 Å². The average molecular weight is 253 g/mol. The largest absolute Gasteiger partial charge is 0.342 e. The molecule has 2 N–H and O–H groups in total. The number of piperidine rings is 1. The molecule has 2 unspecified atom stereocenters. The van der Waals surface area contributed by atoms with Crippen molar-refractivity contribution in [2.24, 2.45) is 5.92 Å². The Morgan fingerprint density at radius 3 is 2.56 bits per heavy atom. The highest BCUT2D eigenvalue weighted by atomic mass is 16.2. The molecule has 2 rings (SSSR count). The molecular formula is C14H27N3O. The van der Waals surface area contributed by atoms with Crippen molar-refractivity contribution in [3.05, 3.63) is 0 Å². The van der Waals surface area contributed by atoms with Crippen LogP contribution in [0.2, 0.25) is 0 Å². The average Bonchev–Trinajstić information content (AvgIpc) is 2.81. The summed E-state index contributed by atoms with van der Waals surface area (Å²) in [6.07, 6.45) is 5.58. The van der Waals surface area contributed by atoms with Crippen LogP contribution in [0.25, 0.3) is 0 Å². The second-order valence-electron chi connectivity index (χ2n) is 5.71. The van der Waals surface area contributed by atoms with Gasteiger partial charge in [-0.15, -0.1) is 0 Å². The molecule has 2 heterocycles. The number of amides is 1. The van der Waals surface area contributed by atoms with E-state index in [1.807, 2.05) is 0 Å². The van der Waals surface area contributed by atoms with Gasteiger partial charge in [0.25, 0.3) is 0 Å². The maximum absolute atomic E-state index is 12.5. The quantitative estimate of drug-likeness (QED) is 0.794. The van der Waals surface area contributed by atoms with Gasteiger partial charge < -0.3 is 15.5 Å². The van der Waals surface area contributed by atoms with Crippen LogP contribution < -0.4 is 10.6 Å². The van der Waals surface area contributed by atoms with Gasteiger partial charge in [0.15, 0.2) is 0 Å². The van der Waals surface area contributed by atoms with E-state index < -0.39 is 0 Å². The van der Waals surface area contributed by atoms with Crippen molar-refractivity contribution in [2.75, 3.05) is 19.8 Å². The summed E-state index contributed by atoms with van der Waals surface area (Å²) in [6, 6.07) is 0.928. The molecule has 104 valence electrons. The zero-order valence-electron chi connectivity index (χ0n) is 11.7. The molecule has 4 heteroatoms. The molecule has 4 nitrogen and oxygen atoms in total. The summed E-state index contributed by atoms with van der Waals surface area (Å²) in [5.41, 5.74) is 0. The van der Waals surface area contributed by atoms with Crippen molar-refractivity contribution in [1.82, 2.24) is 15.5 Å². The number of nitrogens with zero attached hydrogens (tertiary/aromatic N) is 1. The normalized spacial score (nSPS) is 30.4. The van der Waals surface area contributed by atoms with E-state index in [0.717, 1.165) is 32.6 Å². The lowest BCUT2D eigenvalue weighted by atomic mass is 9.92. The van der Waals surface area contributed by atoms with Gasteiger partial charge in [-0.05, 0) is 39.0 Å². The molecule has 2 aliphatic rings. The van der Waals surface area contributed by atoms with Crippen molar-refractivity contribution in [3.8, 4) is 0 Å². The first-order valence-corrected chi connectivity index (χ1v) is 7.48. The second kappa shape index (κ2) is 6.53. The Labute approximate surface area is 110 Å². The van der Waals surface area contributed by atoms with E-state index in [-0.39, 0.29) is 5.92 Å². The Balaban J connectivity index is 1.88. The summed E-state index contributed by atoms with van der Waals surface area (Å²) in [5, 5.41) is 6.83. The Bertz CT molecular complexity index is 276. The van der Waals surface area contributed by atoms with Crippen LogP contribution in [0.3, 0.4) is 0 Å². The second-order valence-corrected chi connectivity index (χ2v) is 5.71. The maximum Gasteiger partial charge on any atom is 0.225 e. The van der Waals surface area contributed by atoms with Gasteiger partial charge in [-0.1, -0.05) is 6.92 Å². The predicted molar refractivity (Wildman–Crippen MR) is 73.2 cm³/mol. The van der Waals surface area contributed by atoms with E-state index in [2.05, 4.69) is 29.4 Å². The third kappa shape index (κ3) is 3.23. The predicted octanol–water partition coefficient (Wildman–Crippen LogP) is 1.32. The zero-order valence-corrected chi connectivity index (χ0v) is 11.7. The minimum absolute atomic E-state index is 0.197. The first kappa shape index (κ1) is 13.8. The number of hydrogen-bond donors (Lipinski definition) is 2. The Morgan fingerprint density at radius 2 is 2.00 bits per heavy atom. The summed E-state index contributed by atoms with van der Waals surface area (Å²) >= 11 is 0. The summed E-state index contributed by atoms with van der Waals surface area (Å²) < 4.78 is 0. The minimum atomic E-state index is 0.197. The molecule has 0 radical (unpaired) electrons. The third-order valence-electron chi connectivity index (χ3n) is 4.44. The molecule has 2 aliphatic heterocycles. The fraction of sp³-hybridized carbons (Fsp3) is 0.929. The van der Waals surface area contributed by atoms with E-state index in [4.69, 9.17) is 0 Å². The van der Waals surface area contributed by atoms with Crippen molar-refractivity contribution in [1.29, 1.82) is 0 Å². The minimum Gasteiger partial charge on any atom is -0.342 e. The highest BCUT2D eigenvalue weighted by Crippen LogP contribution is 2.20. The standard InChI is InChI=1S/C14H27N3O/c1-3-12(9-13-11(2)15-10-16-13)14(18)17-7-5-4-6-8-17/h11-13,15-16H,3-10H2,1-2H3/t11-,12?,13?/m1/s1. The first-order valence-electron chi connectivity index (χ1n) is 7.48. The van der Waals surface area contributed by atoms with E-state index in [1.54, 1.807) is 0 Å². The molecular weight excluding hydrogens is 226 g/mol. The topological polar surface area (TPSA) is 44.4 Å². The summed E-state index contributed by atoms with van der Waals surface area (Å²) in [7, 11) is 0. The van der Waals surface area contributed by atoms with Crippen LogP contribution in [-0.2, 0) is 4.79 Å². The van der Waals surface area contributed by atoms with Gasteiger partial charge in [-0.2, -0.15) is 0 Å². The third-order valence-corrected chi connectivity index (χ3v) is 4.44. The van der Waals surface area contributed by atoms with Crippen LogP contribution in [-0.4, -0.2) is 42.6 Å². The van der Waals surface area contributed by atoms with Crippen molar-refractivity contribution >= 4 is 5.91 Å². The van der Waals surface area contributed by atoms with Crippen LogP contribution in [0.15, 0.2) is 0 Å². The molecule has 2 fully saturated rings. The fourth-order valence-corrected chi connectivity index (χ4v) is 3.08.